The van der Waals surface area contributed by atoms with Gasteiger partial charge in [-0.3, -0.25) is 10.1 Å². The van der Waals surface area contributed by atoms with Gasteiger partial charge in [-0.05, 0) is 14.1 Å². The van der Waals surface area contributed by atoms with Gasteiger partial charge in [-0.2, -0.15) is 0 Å². The Bertz CT molecular complexity index is 208. The van der Waals surface area contributed by atoms with E-state index in [0.29, 0.717) is 13.0 Å². The Morgan fingerprint density at radius 3 is 2.40 bits per heavy atom. The SMILES string of the molecule is CNCCN(C)CCC(=O)NC(=O)NC. The lowest BCUT2D eigenvalue weighted by atomic mass is 10.3. The number of urea groups is 1. The van der Waals surface area contributed by atoms with E-state index in [2.05, 4.69) is 16.0 Å². The molecule has 0 heterocycles. The number of hydrogen-bond donors (Lipinski definition) is 3. The molecular weight excluding hydrogens is 196 g/mol. The van der Waals surface area contributed by atoms with Crippen LogP contribution in [0.4, 0.5) is 4.79 Å². The van der Waals surface area contributed by atoms with Gasteiger partial charge < -0.3 is 15.5 Å². The maximum atomic E-state index is 11.2. The minimum atomic E-state index is -0.460. The summed E-state index contributed by atoms with van der Waals surface area (Å²) in [5.74, 6) is -0.259. The van der Waals surface area contributed by atoms with Crippen molar-refractivity contribution in [2.75, 3.05) is 40.8 Å². The molecule has 0 spiro atoms. The number of imide groups is 1. The number of rotatable bonds is 6. The van der Waals surface area contributed by atoms with Gasteiger partial charge in [0, 0.05) is 33.1 Å². The molecule has 0 aromatic carbocycles. The monoisotopic (exact) mass is 216 g/mol. The van der Waals surface area contributed by atoms with E-state index in [0.717, 1.165) is 13.1 Å². The molecule has 0 atom stereocenters. The molecule has 0 aromatic rings. The highest BCUT2D eigenvalue weighted by Crippen LogP contribution is 1.86. The summed E-state index contributed by atoms with van der Waals surface area (Å²) in [5.41, 5.74) is 0. The summed E-state index contributed by atoms with van der Waals surface area (Å²) in [6, 6.07) is -0.460. The first kappa shape index (κ1) is 13.9. The van der Waals surface area contributed by atoms with E-state index in [4.69, 9.17) is 0 Å². The number of likely N-dealkylation sites (N-methyl/N-ethyl adjacent to an activating group) is 2. The first-order chi connectivity index (χ1) is 7.10. The van der Waals surface area contributed by atoms with E-state index >= 15 is 0 Å². The lowest BCUT2D eigenvalue weighted by Gasteiger charge is -2.15. The predicted molar refractivity (Wildman–Crippen MR) is 58.6 cm³/mol. The molecule has 15 heavy (non-hydrogen) atoms. The first-order valence-corrected chi connectivity index (χ1v) is 4.95. The average molecular weight is 216 g/mol. The van der Waals surface area contributed by atoms with E-state index in [9.17, 15) is 9.59 Å². The summed E-state index contributed by atoms with van der Waals surface area (Å²) < 4.78 is 0. The van der Waals surface area contributed by atoms with Crippen LogP contribution in [-0.4, -0.2) is 57.6 Å². The minimum absolute atomic E-state index is 0.259. The minimum Gasteiger partial charge on any atom is -0.341 e. The number of carbonyl (C=O) groups excluding carboxylic acids is 2. The zero-order chi connectivity index (χ0) is 11.7. The molecule has 0 bridgehead atoms. The Balaban J connectivity index is 3.57. The number of nitrogens with one attached hydrogen (secondary N) is 3. The van der Waals surface area contributed by atoms with Crippen molar-refractivity contribution in [3.05, 3.63) is 0 Å². The van der Waals surface area contributed by atoms with Crippen molar-refractivity contribution < 1.29 is 9.59 Å². The van der Waals surface area contributed by atoms with Gasteiger partial charge in [0.05, 0.1) is 0 Å². The summed E-state index contributed by atoms with van der Waals surface area (Å²) in [4.78, 5) is 24.0. The van der Waals surface area contributed by atoms with Gasteiger partial charge >= 0.3 is 6.03 Å². The molecule has 0 aliphatic rings. The molecule has 3 N–H and O–H groups in total. The van der Waals surface area contributed by atoms with Gasteiger partial charge in [-0.15, -0.1) is 0 Å². The number of nitrogens with zero attached hydrogens (tertiary/aromatic N) is 1. The van der Waals surface area contributed by atoms with Gasteiger partial charge in [-0.1, -0.05) is 0 Å². The zero-order valence-corrected chi connectivity index (χ0v) is 9.59. The predicted octanol–water partition coefficient (Wildman–Crippen LogP) is -1.02. The summed E-state index contributed by atoms with van der Waals surface area (Å²) in [6.07, 6.45) is 0.327. The molecule has 0 rings (SSSR count). The third-order valence-corrected chi connectivity index (χ3v) is 1.94. The Labute approximate surface area is 90.4 Å². The molecule has 0 saturated carbocycles. The van der Waals surface area contributed by atoms with Gasteiger partial charge in [-0.25, -0.2) is 4.79 Å². The van der Waals surface area contributed by atoms with E-state index in [1.165, 1.54) is 7.05 Å². The Morgan fingerprint density at radius 1 is 1.20 bits per heavy atom. The normalized spacial score (nSPS) is 10.1. The molecule has 0 radical (unpaired) electrons. The molecule has 6 heteroatoms. The molecule has 6 nitrogen and oxygen atoms in total. The summed E-state index contributed by atoms with van der Waals surface area (Å²) in [5, 5.41) is 7.55. The molecular formula is C9H20N4O2. The van der Waals surface area contributed by atoms with Crippen LogP contribution in [0.15, 0.2) is 0 Å². The van der Waals surface area contributed by atoms with Gasteiger partial charge in [0.25, 0.3) is 0 Å². The topological polar surface area (TPSA) is 73.5 Å². The van der Waals surface area contributed by atoms with Crippen LogP contribution in [-0.2, 0) is 4.79 Å². The maximum absolute atomic E-state index is 11.2. The van der Waals surface area contributed by atoms with Gasteiger partial charge in [0.15, 0.2) is 0 Å². The summed E-state index contributed by atoms with van der Waals surface area (Å²) in [6.45, 7) is 2.40. The third kappa shape index (κ3) is 7.90. The second kappa shape index (κ2) is 8.19. The molecule has 0 fully saturated rings. The Morgan fingerprint density at radius 2 is 1.87 bits per heavy atom. The molecule has 0 saturated heterocycles. The summed E-state index contributed by atoms with van der Waals surface area (Å²) in [7, 11) is 5.29. The van der Waals surface area contributed by atoms with Crippen LogP contribution < -0.4 is 16.0 Å². The zero-order valence-electron chi connectivity index (χ0n) is 9.59. The smallest absolute Gasteiger partial charge is 0.321 e. The van der Waals surface area contributed by atoms with Crippen molar-refractivity contribution in [2.45, 2.75) is 6.42 Å². The molecule has 0 aliphatic carbocycles. The van der Waals surface area contributed by atoms with Crippen molar-refractivity contribution in [3.8, 4) is 0 Å². The van der Waals surface area contributed by atoms with Crippen molar-refractivity contribution in [3.63, 3.8) is 0 Å². The highest BCUT2D eigenvalue weighted by atomic mass is 16.2. The van der Waals surface area contributed by atoms with Crippen LogP contribution in [0.1, 0.15) is 6.42 Å². The van der Waals surface area contributed by atoms with Crippen molar-refractivity contribution >= 4 is 11.9 Å². The molecule has 3 amide bonds. The highest BCUT2D eigenvalue weighted by molar-refractivity contribution is 5.94. The molecule has 0 aromatic heterocycles. The van der Waals surface area contributed by atoms with Gasteiger partial charge in [0.2, 0.25) is 5.91 Å². The van der Waals surface area contributed by atoms with Crippen LogP contribution in [0.2, 0.25) is 0 Å². The van der Waals surface area contributed by atoms with Crippen LogP contribution in [0.3, 0.4) is 0 Å². The highest BCUT2D eigenvalue weighted by Gasteiger charge is 2.06. The van der Waals surface area contributed by atoms with E-state index in [1.54, 1.807) is 0 Å². The fourth-order valence-electron chi connectivity index (χ4n) is 0.959. The lowest BCUT2D eigenvalue weighted by Crippen LogP contribution is -2.39. The van der Waals surface area contributed by atoms with Crippen LogP contribution in [0.25, 0.3) is 0 Å². The molecule has 0 unspecified atom stereocenters. The van der Waals surface area contributed by atoms with E-state index in [-0.39, 0.29) is 5.91 Å². The maximum Gasteiger partial charge on any atom is 0.321 e. The van der Waals surface area contributed by atoms with Gasteiger partial charge in [0.1, 0.15) is 0 Å². The quantitative estimate of drug-likeness (QED) is 0.531. The fourth-order valence-corrected chi connectivity index (χ4v) is 0.959. The van der Waals surface area contributed by atoms with E-state index in [1.807, 2.05) is 19.0 Å². The Hall–Kier alpha value is -1.14. The van der Waals surface area contributed by atoms with Crippen LogP contribution >= 0.6 is 0 Å². The van der Waals surface area contributed by atoms with Crippen molar-refractivity contribution in [2.24, 2.45) is 0 Å². The molecule has 88 valence electrons. The second-order valence-corrected chi connectivity index (χ2v) is 3.28. The Kier molecular flexibility index (Phi) is 7.57. The first-order valence-electron chi connectivity index (χ1n) is 4.95. The number of hydrogen-bond acceptors (Lipinski definition) is 4. The van der Waals surface area contributed by atoms with Crippen molar-refractivity contribution in [1.29, 1.82) is 0 Å². The van der Waals surface area contributed by atoms with Crippen molar-refractivity contribution in [1.82, 2.24) is 20.9 Å². The van der Waals surface area contributed by atoms with E-state index < -0.39 is 6.03 Å². The largest absolute Gasteiger partial charge is 0.341 e. The fraction of sp³-hybridized carbons (Fsp3) is 0.778. The second-order valence-electron chi connectivity index (χ2n) is 3.28. The standard InChI is InChI=1S/C9H20N4O2/c1-10-5-7-13(3)6-4-8(14)12-9(15)11-2/h10H,4-7H2,1-3H3,(H2,11,12,14,15). The number of carbonyl (C=O) groups is 2. The summed E-state index contributed by atoms with van der Waals surface area (Å²) >= 11 is 0. The lowest BCUT2D eigenvalue weighted by molar-refractivity contribution is -0.120. The van der Waals surface area contributed by atoms with Crippen LogP contribution in [0, 0.1) is 0 Å². The molecule has 0 aliphatic heterocycles. The van der Waals surface area contributed by atoms with Crippen LogP contribution in [0.5, 0.6) is 0 Å². The third-order valence-electron chi connectivity index (χ3n) is 1.94. The average Bonchev–Trinajstić information content (AvgIpc) is 2.23. The number of amides is 3.